The zero-order chi connectivity index (χ0) is 20.5. The molecule has 8 nitrogen and oxygen atoms in total. The quantitative estimate of drug-likeness (QED) is 0.697. The zero-order valence-electron chi connectivity index (χ0n) is 16.9. The van der Waals surface area contributed by atoms with Crippen LogP contribution in [0.4, 0.5) is 10.6 Å². The smallest absolute Gasteiger partial charge is 0.410 e. The van der Waals surface area contributed by atoms with Crippen molar-refractivity contribution >= 4 is 23.5 Å². The number of nitrogens with zero attached hydrogens (tertiary/aromatic N) is 6. The van der Waals surface area contributed by atoms with Gasteiger partial charge in [0.1, 0.15) is 11.4 Å². The average Bonchev–Trinajstić information content (AvgIpc) is 2.61. The van der Waals surface area contributed by atoms with Gasteiger partial charge in [-0.05, 0) is 45.8 Å². The summed E-state index contributed by atoms with van der Waals surface area (Å²) < 4.78 is 5.49. The van der Waals surface area contributed by atoms with Gasteiger partial charge in [-0.15, -0.1) is 0 Å². The van der Waals surface area contributed by atoms with Crippen LogP contribution in [-0.4, -0.2) is 70.7 Å². The van der Waals surface area contributed by atoms with E-state index in [1.807, 2.05) is 27.8 Å². The van der Waals surface area contributed by atoms with Gasteiger partial charge in [-0.1, -0.05) is 0 Å². The summed E-state index contributed by atoms with van der Waals surface area (Å²) in [6.07, 6.45) is 0.777. The van der Waals surface area contributed by atoms with Crippen molar-refractivity contribution in [2.45, 2.75) is 51.8 Å². The van der Waals surface area contributed by atoms with Crippen molar-refractivity contribution in [3.8, 4) is 6.07 Å². The number of carbonyl (C=O) groups excluding carboxylic acids is 1. The van der Waals surface area contributed by atoms with Crippen molar-refractivity contribution in [3.63, 3.8) is 0 Å². The second kappa shape index (κ2) is 8.10. The summed E-state index contributed by atoms with van der Waals surface area (Å²) in [6.45, 7) is 8.85. The number of rotatable bonds is 2. The van der Waals surface area contributed by atoms with Gasteiger partial charge in [0.25, 0.3) is 0 Å². The lowest BCUT2D eigenvalue weighted by molar-refractivity contribution is 0.0220. The highest BCUT2D eigenvalue weighted by atomic mass is 35.5. The Morgan fingerprint density at radius 2 is 2.07 bits per heavy atom. The molecule has 0 N–H and O–H groups in total. The van der Waals surface area contributed by atoms with Crippen LogP contribution in [0.1, 0.15) is 38.4 Å². The molecule has 1 aromatic heterocycles. The SMILES string of the molecule is CN1CCN(c2nc(Cl)nc3c2CCN(C(=O)OC(C)(C)C)C3)C[C@@H]1CC#N. The summed E-state index contributed by atoms with van der Waals surface area (Å²) in [5, 5.41) is 9.28. The summed E-state index contributed by atoms with van der Waals surface area (Å²) in [5.74, 6) is 0.829. The number of halogens is 1. The molecule has 0 unspecified atom stereocenters. The molecule has 0 saturated carbocycles. The fraction of sp³-hybridized carbons (Fsp3) is 0.684. The number of aromatic nitrogens is 2. The Labute approximate surface area is 171 Å². The van der Waals surface area contributed by atoms with E-state index in [0.29, 0.717) is 25.9 Å². The van der Waals surface area contributed by atoms with Gasteiger partial charge in [0.2, 0.25) is 5.28 Å². The molecule has 1 fully saturated rings. The number of hydrogen-bond acceptors (Lipinski definition) is 7. The molecule has 3 heterocycles. The minimum atomic E-state index is -0.540. The topological polar surface area (TPSA) is 85.6 Å². The standard InChI is InChI=1S/C19H27ClN6O2/c1-19(2,3)28-18(27)26-8-6-14-15(12-26)22-17(20)23-16(14)25-10-9-24(4)13(11-25)5-7-21/h13H,5-6,8-12H2,1-4H3/t13-/m0/s1. The normalized spacial score (nSPS) is 20.5. The fourth-order valence-corrected chi connectivity index (χ4v) is 3.77. The Morgan fingerprint density at radius 1 is 1.32 bits per heavy atom. The van der Waals surface area contributed by atoms with E-state index in [0.717, 1.165) is 36.7 Å². The maximum atomic E-state index is 12.4. The van der Waals surface area contributed by atoms with Gasteiger partial charge in [-0.25, -0.2) is 14.8 Å². The largest absolute Gasteiger partial charge is 0.444 e. The molecule has 1 aromatic rings. The van der Waals surface area contributed by atoms with Crippen LogP contribution in [0.2, 0.25) is 5.28 Å². The second-order valence-corrected chi connectivity index (χ2v) is 8.67. The Kier molecular flexibility index (Phi) is 5.96. The summed E-state index contributed by atoms with van der Waals surface area (Å²) in [5.41, 5.74) is 1.26. The molecule has 0 spiro atoms. The van der Waals surface area contributed by atoms with Gasteiger partial charge in [-0.3, -0.25) is 4.90 Å². The zero-order valence-corrected chi connectivity index (χ0v) is 17.7. The number of likely N-dealkylation sites (N-methyl/N-ethyl adjacent to an activating group) is 1. The molecule has 0 radical (unpaired) electrons. The molecule has 28 heavy (non-hydrogen) atoms. The van der Waals surface area contributed by atoms with Crippen LogP contribution in [0, 0.1) is 11.3 Å². The van der Waals surface area contributed by atoms with E-state index in [-0.39, 0.29) is 17.4 Å². The molecule has 0 aromatic carbocycles. The summed E-state index contributed by atoms with van der Waals surface area (Å²) in [7, 11) is 2.04. The molecular formula is C19H27ClN6O2. The number of fused-ring (bicyclic) bond motifs is 1. The summed E-state index contributed by atoms with van der Waals surface area (Å²) in [4.78, 5) is 27.4. The van der Waals surface area contributed by atoms with Crippen LogP contribution in [0.5, 0.6) is 0 Å². The van der Waals surface area contributed by atoms with Gasteiger partial charge < -0.3 is 14.5 Å². The van der Waals surface area contributed by atoms with Crippen LogP contribution in [0.3, 0.4) is 0 Å². The molecule has 2 aliphatic heterocycles. The first-order chi connectivity index (χ1) is 13.2. The third-order valence-corrected chi connectivity index (χ3v) is 5.24. The van der Waals surface area contributed by atoms with E-state index in [1.54, 1.807) is 4.90 Å². The minimum Gasteiger partial charge on any atom is -0.444 e. The lowest BCUT2D eigenvalue weighted by Crippen LogP contribution is -2.52. The first-order valence-corrected chi connectivity index (χ1v) is 9.91. The molecule has 2 aliphatic rings. The number of carbonyl (C=O) groups is 1. The number of hydrogen-bond donors (Lipinski definition) is 0. The van der Waals surface area contributed by atoms with Crippen molar-refractivity contribution in [3.05, 3.63) is 16.5 Å². The van der Waals surface area contributed by atoms with Gasteiger partial charge in [0.15, 0.2) is 0 Å². The molecule has 1 atom stereocenters. The molecule has 9 heteroatoms. The highest BCUT2D eigenvalue weighted by molar-refractivity contribution is 6.28. The molecule has 1 amide bonds. The monoisotopic (exact) mass is 406 g/mol. The van der Waals surface area contributed by atoms with Crippen LogP contribution < -0.4 is 4.90 Å². The maximum Gasteiger partial charge on any atom is 0.410 e. The van der Waals surface area contributed by atoms with Crippen molar-refractivity contribution in [1.29, 1.82) is 5.26 Å². The Bertz CT molecular complexity index is 788. The third kappa shape index (κ3) is 4.65. The van der Waals surface area contributed by atoms with Gasteiger partial charge in [0, 0.05) is 37.8 Å². The number of amides is 1. The van der Waals surface area contributed by atoms with E-state index in [4.69, 9.17) is 21.6 Å². The van der Waals surface area contributed by atoms with Crippen LogP contribution in [0.15, 0.2) is 0 Å². The van der Waals surface area contributed by atoms with Crippen molar-refractivity contribution < 1.29 is 9.53 Å². The molecule has 1 saturated heterocycles. The van der Waals surface area contributed by atoms with Gasteiger partial charge in [-0.2, -0.15) is 5.26 Å². The Balaban J connectivity index is 1.82. The van der Waals surface area contributed by atoms with Crippen LogP contribution >= 0.6 is 11.6 Å². The lowest BCUT2D eigenvalue weighted by Gasteiger charge is -2.40. The van der Waals surface area contributed by atoms with E-state index < -0.39 is 5.60 Å². The molecular weight excluding hydrogens is 380 g/mol. The highest BCUT2D eigenvalue weighted by Crippen LogP contribution is 2.30. The molecule has 152 valence electrons. The predicted octanol–water partition coefficient (Wildman–Crippen LogP) is 2.46. The van der Waals surface area contributed by atoms with Gasteiger partial charge >= 0.3 is 6.09 Å². The average molecular weight is 407 g/mol. The van der Waals surface area contributed by atoms with Crippen molar-refractivity contribution in [2.75, 3.05) is 38.1 Å². The van der Waals surface area contributed by atoms with E-state index in [9.17, 15) is 4.79 Å². The molecule has 3 rings (SSSR count). The Hall–Kier alpha value is -2.11. The van der Waals surface area contributed by atoms with Crippen LogP contribution in [-0.2, 0) is 17.7 Å². The molecule has 0 bridgehead atoms. The minimum absolute atomic E-state index is 0.157. The van der Waals surface area contributed by atoms with Gasteiger partial charge in [0.05, 0.1) is 24.7 Å². The van der Waals surface area contributed by atoms with Crippen molar-refractivity contribution in [1.82, 2.24) is 19.8 Å². The predicted molar refractivity (Wildman–Crippen MR) is 106 cm³/mol. The van der Waals surface area contributed by atoms with E-state index in [1.165, 1.54) is 0 Å². The number of anilines is 1. The highest BCUT2D eigenvalue weighted by Gasteiger charge is 2.32. The van der Waals surface area contributed by atoms with Crippen molar-refractivity contribution in [2.24, 2.45) is 0 Å². The second-order valence-electron chi connectivity index (χ2n) is 8.34. The fourth-order valence-electron chi connectivity index (χ4n) is 3.59. The third-order valence-electron chi connectivity index (χ3n) is 5.07. The van der Waals surface area contributed by atoms with Crippen LogP contribution in [0.25, 0.3) is 0 Å². The van der Waals surface area contributed by atoms with E-state index >= 15 is 0 Å². The molecule has 0 aliphatic carbocycles. The summed E-state index contributed by atoms with van der Waals surface area (Å²) >= 11 is 6.21. The summed E-state index contributed by atoms with van der Waals surface area (Å²) in [6, 6.07) is 2.42. The first-order valence-electron chi connectivity index (χ1n) is 9.53. The number of piperazine rings is 1. The number of ether oxygens (including phenoxy) is 1. The maximum absolute atomic E-state index is 12.4. The van der Waals surface area contributed by atoms with E-state index in [2.05, 4.69) is 25.8 Å². The Morgan fingerprint density at radius 3 is 2.75 bits per heavy atom. The first kappa shape index (κ1) is 20.6. The lowest BCUT2D eigenvalue weighted by atomic mass is 10.0. The number of nitriles is 1.